The first-order chi connectivity index (χ1) is 10.7. The van der Waals surface area contributed by atoms with E-state index in [0.29, 0.717) is 12.3 Å². The molecule has 1 aromatic carbocycles. The first kappa shape index (κ1) is 16.2. The Bertz CT molecular complexity index is 652. The highest BCUT2D eigenvalue weighted by atomic mass is 32.1. The number of rotatable bonds is 7. The smallest absolute Gasteiger partial charge is 0.244 e. The molecule has 0 aliphatic heterocycles. The van der Waals surface area contributed by atoms with E-state index in [0.717, 1.165) is 16.3 Å². The molecular weight excluding hydrogens is 300 g/mol. The van der Waals surface area contributed by atoms with Crippen molar-refractivity contribution in [3.8, 4) is 5.75 Å². The zero-order chi connectivity index (χ0) is 15.8. The first-order valence-corrected chi connectivity index (χ1v) is 7.76. The number of benzene rings is 1. The Labute approximate surface area is 133 Å². The highest BCUT2D eigenvalue weighted by Gasteiger charge is 2.04. The molecule has 2 aromatic rings. The molecule has 22 heavy (non-hydrogen) atoms. The van der Waals surface area contributed by atoms with E-state index < -0.39 is 0 Å². The molecule has 1 aromatic heterocycles. The Balaban J connectivity index is 1.89. The van der Waals surface area contributed by atoms with Crippen LogP contribution >= 0.6 is 11.3 Å². The summed E-state index contributed by atoms with van der Waals surface area (Å²) in [7, 11) is 0. The Morgan fingerprint density at radius 2 is 2.27 bits per heavy atom. The SMILES string of the molecule is Cc1nc(/C=C/C(=O)NCc2ccccc2OCCO)cs1. The van der Waals surface area contributed by atoms with Gasteiger partial charge in [-0.2, -0.15) is 0 Å². The number of hydrogen-bond acceptors (Lipinski definition) is 5. The van der Waals surface area contributed by atoms with Gasteiger partial charge >= 0.3 is 0 Å². The van der Waals surface area contributed by atoms with Crippen LogP contribution in [0.2, 0.25) is 0 Å². The zero-order valence-electron chi connectivity index (χ0n) is 12.3. The molecule has 0 fully saturated rings. The van der Waals surface area contributed by atoms with Crippen molar-refractivity contribution < 1.29 is 14.6 Å². The molecule has 0 aliphatic carbocycles. The molecule has 0 unspecified atom stereocenters. The van der Waals surface area contributed by atoms with Gasteiger partial charge in [0.2, 0.25) is 5.91 Å². The maximum absolute atomic E-state index is 11.8. The van der Waals surface area contributed by atoms with E-state index in [1.54, 1.807) is 17.4 Å². The monoisotopic (exact) mass is 318 g/mol. The van der Waals surface area contributed by atoms with Crippen LogP contribution < -0.4 is 10.1 Å². The lowest BCUT2D eigenvalue weighted by molar-refractivity contribution is -0.116. The zero-order valence-corrected chi connectivity index (χ0v) is 13.1. The molecule has 0 bridgehead atoms. The van der Waals surface area contributed by atoms with E-state index in [1.807, 2.05) is 36.6 Å². The van der Waals surface area contributed by atoms with Gasteiger partial charge in [0.15, 0.2) is 0 Å². The van der Waals surface area contributed by atoms with Gasteiger partial charge in [-0.3, -0.25) is 4.79 Å². The van der Waals surface area contributed by atoms with Crippen molar-refractivity contribution in [2.24, 2.45) is 0 Å². The van der Waals surface area contributed by atoms with E-state index in [-0.39, 0.29) is 19.1 Å². The van der Waals surface area contributed by atoms with E-state index in [2.05, 4.69) is 10.3 Å². The van der Waals surface area contributed by atoms with Gasteiger partial charge in [0.25, 0.3) is 0 Å². The Morgan fingerprint density at radius 3 is 3.00 bits per heavy atom. The largest absolute Gasteiger partial charge is 0.491 e. The van der Waals surface area contributed by atoms with Gasteiger partial charge in [0.05, 0.1) is 17.3 Å². The number of ether oxygens (including phenoxy) is 1. The fourth-order valence-electron chi connectivity index (χ4n) is 1.81. The molecule has 0 radical (unpaired) electrons. The van der Waals surface area contributed by atoms with Crippen LogP contribution in [0.4, 0.5) is 0 Å². The molecule has 0 spiro atoms. The lowest BCUT2D eigenvalue weighted by Crippen LogP contribution is -2.20. The molecule has 2 rings (SSSR count). The average molecular weight is 318 g/mol. The minimum absolute atomic E-state index is 0.0451. The summed E-state index contributed by atoms with van der Waals surface area (Å²) in [6.07, 6.45) is 3.15. The summed E-state index contributed by atoms with van der Waals surface area (Å²) >= 11 is 1.54. The van der Waals surface area contributed by atoms with Crippen LogP contribution in [0.1, 0.15) is 16.3 Å². The molecule has 6 heteroatoms. The maximum Gasteiger partial charge on any atom is 0.244 e. The van der Waals surface area contributed by atoms with Crippen LogP contribution in [0.5, 0.6) is 5.75 Å². The first-order valence-electron chi connectivity index (χ1n) is 6.88. The highest BCUT2D eigenvalue weighted by molar-refractivity contribution is 7.09. The molecule has 1 heterocycles. The summed E-state index contributed by atoms with van der Waals surface area (Å²) < 4.78 is 5.42. The third-order valence-electron chi connectivity index (χ3n) is 2.82. The summed E-state index contributed by atoms with van der Waals surface area (Å²) in [5, 5.41) is 14.5. The predicted octanol–water partition coefficient (Wildman–Crippen LogP) is 2.15. The number of nitrogens with zero attached hydrogens (tertiary/aromatic N) is 1. The third kappa shape index (κ3) is 4.98. The van der Waals surface area contributed by atoms with Crippen molar-refractivity contribution in [1.82, 2.24) is 10.3 Å². The molecule has 0 atom stereocenters. The van der Waals surface area contributed by atoms with E-state index in [4.69, 9.17) is 9.84 Å². The molecule has 2 N–H and O–H groups in total. The number of hydrogen-bond donors (Lipinski definition) is 2. The number of aromatic nitrogens is 1. The normalized spacial score (nSPS) is 10.8. The van der Waals surface area contributed by atoms with E-state index >= 15 is 0 Å². The standard InChI is InChI=1S/C16H18N2O3S/c1-12-18-14(11-22-12)6-7-16(20)17-10-13-4-2-3-5-15(13)21-9-8-19/h2-7,11,19H,8-10H2,1H3,(H,17,20)/b7-6+. The van der Waals surface area contributed by atoms with E-state index in [9.17, 15) is 4.79 Å². The van der Waals surface area contributed by atoms with Crippen LogP contribution in [-0.4, -0.2) is 29.2 Å². The molecule has 1 amide bonds. The minimum atomic E-state index is -0.192. The Kier molecular flexibility index (Phi) is 6.12. The lowest BCUT2D eigenvalue weighted by atomic mass is 10.2. The minimum Gasteiger partial charge on any atom is -0.491 e. The van der Waals surface area contributed by atoms with Crippen molar-refractivity contribution in [3.05, 3.63) is 52.0 Å². The maximum atomic E-state index is 11.8. The number of nitrogens with one attached hydrogen (secondary N) is 1. The van der Waals surface area contributed by atoms with Gasteiger partial charge in [-0.25, -0.2) is 4.98 Å². The van der Waals surface area contributed by atoms with Crippen LogP contribution in [0.3, 0.4) is 0 Å². The van der Waals surface area contributed by atoms with Crippen LogP contribution in [0, 0.1) is 6.92 Å². The van der Waals surface area contributed by atoms with Gasteiger partial charge in [-0.15, -0.1) is 11.3 Å². The summed E-state index contributed by atoms with van der Waals surface area (Å²) in [6.45, 7) is 2.47. The number of carbonyl (C=O) groups is 1. The van der Waals surface area contributed by atoms with Gasteiger partial charge in [-0.05, 0) is 19.1 Å². The lowest BCUT2D eigenvalue weighted by Gasteiger charge is -2.10. The second-order valence-corrected chi connectivity index (χ2v) is 5.58. The van der Waals surface area contributed by atoms with Crippen LogP contribution in [0.15, 0.2) is 35.7 Å². The van der Waals surface area contributed by atoms with Gasteiger partial charge in [-0.1, -0.05) is 18.2 Å². The number of aliphatic hydroxyl groups excluding tert-OH is 1. The van der Waals surface area contributed by atoms with Gasteiger partial charge in [0, 0.05) is 23.6 Å². The van der Waals surface area contributed by atoms with Crippen LogP contribution in [0.25, 0.3) is 6.08 Å². The highest BCUT2D eigenvalue weighted by Crippen LogP contribution is 2.17. The number of amides is 1. The molecule has 0 saturated heterocycles. The van der Waals surface area contributed by atoms with Crippen molar-refractivity contribution in [3.63, 3.8) is 0 Å². The molecule has 0 saturated carbocycles. The summed E-state index contributed by atoms with van der Waals surface area (Å²) in [6, 6.07) is 7.41. The quantitative estimate of drug-likeness (QED) is 0.767. The topological polar surface area (TPSA) is 71.5 Å². The Hall–Kier alpha value is -2.18. The van der Waals surface area contributed by atoms with E-state index in [1.165, 1.54) is 6.08 Å². The van der Waals surface area contributed by atoms with Crippen molar-refractivity contribution in [2.75, 3.05) is 13.2 Å². The average Bonchev–Trinajstić information content (AvgIpc) is 2.95. The van der Waals surface area contributed by atoms with Crippen molar-refractivity contribution >= 4 is 23.3 Å². The number of aliphatic hydroxyl groups is 1. The summed E-state index contributed by atoms with van der Waals surface area (Å²) in [5.74, 6) is 0.471. The Morgan fingerprint density at radius 1 is 1.45 bits per heavy atom. The fraction of sp³-hybridized carbons (Fsp3) is 0.250. The van der Waals surface area contributed by atoms with Gasteiger partial charge in [0.1, 0.15) is 12.4 Å². The predicted molar refractivity (Wildman–Crippen MR) is 86.8 cm³/mol. The number of carbonyl (C=O) groups excluding carboxylic acids is 1. The third-order valence-corrected chi connectivity index (χ3v) is 3.61. The second-order valence-electron chi connectivity index (χ2n) is 4.52. The number of para-hydroxylation sites is 1. The van der Waals surface area contributed by atoms with Crippen LogP contribution in [-0.2, 0) is 11.3 Å². The fourth-order valence-corrected chi connectivity index (χ4v) is 2.39. The second kappa shape index (κ2) is 8.31. The number of aryl methyl sites for hydroxylation is 1. The molecular formula is C16H18N2O3S. The summed E-state index contributed by atoms with van der Waals surface area (Å²) in [4.78, 5) is 16.1. The van der Waals surface area contributed by atoms with Crippen molar-refractivity contribution in [1.29, 1.82) is 0 Å². The molecule has 5 nitrogen and oxygen atoms in total. The van der Waals surface area contributed by atoms with Gasteiger partial charge < -0.3 is 15.2 Å². The molecule has 116 valence electrons. The number of thiazole rings is 1. The summed E-state index contributed by atoms with van der Waals surface area (Å²) in [5.41, 5.74) is 1.64. The van der Waals surface area contributed by atoms with Crippen molar-refractivity contribution in [2.45, 2.75) is 13.5 Å². The molecule has 0 aliphatic rings.